The van der Waals surface area contributed by atoms with E-state index in [1.54, 1.807) is 32.4 Å². The van der Waals surface area contributed by atoms with Gasteiger partial charge < -0.3 is 29.2 Å². The summed E-state index contributed by atoms with van der Waals surface area (Å²) in [7, 11) is 5.31. The Morgan fingerprint density at radius 1 is 1.17 bits per heavy atom. The minimum atomic E-state index is -0.0152. The molecule has 2 rings (SSSR count). The monoisotopic (exact) mass is 489 g/mol. The van der Waals surface area contributed by atoms with Crippen LogP contribution in [0.2, 0.25) is 0 Å². The minimum Gasteiger partial charge on any atom is -0.493 e. The second kappa shape index (κ2) is 15.0. The zero-order chi connectivity index (χ0) is 25.8. The van der Waals surface area contributed by atoms with Gasteiger partial charge in [0, 0.05) is 63.3 Å². The average molecular weight is 489 g/mol. The van der Waals surface area contributed by atoms with Crippen molar-refractivity contribution in [3.05, 3.63) is 23.8 Å². The Labute approximate surface area is 212 Å². The molecule has 0 spiro atoms. The summed E-state index contributed by atoms with van der Waals surface area (Å²) in [5.74, 6) is 1.26. The van der Waals surface area contributed by atoms with Gasteiger partial charge >= 0.3 is 0 Å². The van der Waals surface area contributed by atoms with Crippen molar-refractivity contribution in [2.75, 3.05) is 40.5 Å². The van der Waals surface area contributed by atoms with Crippen LogP contribution in [0.4, 0.5) is 0 Å². The van der Waals surface area contributed by atoms with Crippen molar-refractivity contribution < 1.29 is 23.8 Å². The number of piperidine rings is 1. The van der Waals surface area contributed by atoms with Gasteiger partial charge in [0.05, 0.1) is 13.7 Å². The standard InChI is InChI=1S/C26H44BN3O5/c1-6-7-13-28-25(31)17-21-10-11-22(18-29(21)27)30(19(2)3)26(32)20-9-12-23(34-5)24(16-20)35-15-8-14-33-4/h9,12,16,19,21-22H,6-8,10-11,13-15,17-18,27H2,1-5H3,(H,28,31)/t21-,22?/m0/s1. The first kappa shape index (κ1) is 29.0. The van der Waals surface area contributed by atoms with Crippen LogP contribution in [0.1, 0.15) is 69.7 Å². The van der Waals surface area contributed by atoms with Gasteiger partial charge in [0.15, 0.2) is 19.5 Å². The van der Waals surface area contributed by atoms with Gasteiger partial charge in [0.25, 0.3) is 5.91 Å². The lowest BCUT2D eigenvalue weighted by Crippen LogP contribution is -2.55. The van der Waals surface area contributed by atoms with E-state index in [9.17, 15) is 9.59 Å². The molecular weight excluding hydrogens is 445 g/mol. The van der Waals surface area contributed by atoms with E-state index >= 15 is 0 Å². The highest BCUT2D eigenvalue weighted by Crippen LogP contribution is 2.30. The molecule has 1 unspecified atom stereocenters. The summed E-state index contributed by atoms with van der Waals surface area (Å²) >= 11 is 0. The maximum absolute atomic E-state index is 13.7. The van der Waals surface area contributed by atoms with E-state index in [0.29, 0.717) is 36.7 Å². The quantitative estimate of drug-likeness (QED) is 0.320. The Morgan fingerprint density at radius 3 is 2.57 bits per heavy atom. The maximum atomic E-state index is 13.7. The first-order chi connectivity index (χ1) is 16.8. The summed E-state index contributed by atoms with van der Waals surface area (Å²) in [6.45, 7) is 8.80. The van der Waals surface area contributed by atoms with E-state index in [1.165, 1.54) is 0 Å². The summed E-state index contributed by atoms with van der Waals surface area (Å²) in [6.07, 6.45) is 5.09. The van der Waals surface area contributed by atoms with E-state index in [4.69, 9.17) is 14.2 Å². The number of unbranched alkanes of at least 4 members (excludes halogenated alkanes) is 1. The molecule has 2 amide bonds. The number of nitrogens with one attached hydrogen (secondary N) is 1. The van der Waals surface area contributed by atoms with Gasteiger partial charge in [-0.3, -0.25) is 9.59 Å². The van der Waals surface area contributed by atoms with E-state index < -0.39 is 0 Å². The fourth-order valence-electron chi connectivity index (χ4n) is 4.63. The normalized spacial score (nSPS) is 18.3. The van der Waals surface area contributed by atoms with E-state index in [0.717, 1.165) is 45.2 Å². The Morgan fingerprint density at radius 2 is 1.94 bits per heavy atom. The van der Waals surface area contributed by atoms with Crippen LogP contribution in [0, 0.1) is 0 Å². The molecule has 1 aromatic carbocycles. The molecule has 1 fully saturated rings. The van der Waals surface area contributed by atoms with Crippen LogP contribution in [0.3, 0.4) is 0 Å². The maximum Gasteiger partial charge on any atom is 0.254 e. The fraction of sp³-hybridized carbons (Fsp3) is 0.692. The molecule has 1 aliphatic heterocycles. The third-order valence-corrected chi connectivity index (χ3v) is 6.57. The molecule has 1 N–H and O–H groups in total. The molecule has 0 bridgehead atoms. The number of hydrogen-bond acceptors (Lipinski definition) is 6. The summed E-state index contributed by atoms with van der Waals surface area (Å²) < 4.78 is 16.4. The van der Waals surface area contributed by atoms with Gasteiger partial charge in [-0.1, -0.05) is 13.3 Å². The molecule has 9 heteroatoms. The molecule has 2 atom stereocenters. The molecule has 1 saturated heterocycles. The number of rotatable bonds is 14. The van der Waals surface area contributed by atoms with Crippen LogP contribution in [-0.2, 0) is 9.53 Å². The molecule has 8 nitrogen and oxygen atoms in total. The Bertz CT molecular complexity index is 807. The molecule has 35 heavy (non-hydrogen) atoms. The van der Waals surface area contributed by atoms with Gasteiger partial charge in [-0.05, 0) is 51.3 Å². The molecule has 1 heterocycles. The van der Waals surface area contributed by atoms with Crippen molar-refractivity contribution in [2.45, 2.75) is 77.4 Å². The number of ether oxygens (including phenoxy) is 3. The second-order valence-electron chi connectivity index (χ2n) is 9.60. The summed E-state index contributed by atoms with van der Waals surface area (Å²) in [5, 5.41) is 3.02. The first-order valence-electron chi connectivity index (χ1n) is 12.9. The van der Waals surface area contributed by atoms with Gasteiger partial charge in [-0.15, -0.1) is 0 Å². The molecule has 0 saturated carbocycles. The number of amides is 2. The molecule has 196 valence electrons. The van der Waals surface area contributed by atoms with E-state index in [2.05, 4.69) is 38.9 Å². The predicted molar refractivity (Wildman–Crippen MR) is 141 cm³/mol. The molecule has 0 aliphatic carbocycles. The SMILES string of the molecule is BN1CC(N(C(=O)c2ccc(OC)c(OCCCOC)c2)C(C)C)CC[C@H]1CC(=O)NCCCC. The lowest BCUT2D eigenvalue weighted by Gasteiger charge is -2.44. The number of carbonyl (C=O) groups is 2. The largest absolute Gasteiger partial charge is 0.493 e. The Kier molecular flexibility index (Phi) is 12.4. The Hall–Kier alpha value is -2.26. The average Bonchev–Trinajstić information content (AvgIpc) is 2.83. The zero-order valence-electron chi connectivity index (χ0n) is 22.5. The van der Waals surface area contributed by atoms with Crippen LogP contribution in [0.5, 0.6) is 11.5 Å². The fourth-order valence-corrected chi connectivity index (χ4v) is 4.63. The second-order valence-corrected chi connectivity index (χ2v) is 9.60. The highest BCUT2D eigenvalue weighted by atomic mass is 16.5. The van der Waals surface area contributed by atoms with Crippen LogP contribution >= 0.6 is 0 Å². The molecule has 1 aromatic rings. The summed E-state index contributed by atoms with van der Waals surface area (Å²) in [5.41, 5.74) is 0.585. The number of methoxy groups -OCH3 is 2. The highest BCUT2D eigenvalue weighted by Gasteiger charge is 2.34. The number of carbonyl (C=O) groups excluding carboxylic acids is 2. The van der Waals surface area contributed by atoms with Gasteiger partial charge in [0.1, 0.15) is 0 Å². The highest BCUT2D eigenvalue weighted by molar-refractivity contribution is 6.05. The molecule has 0 aromatic heterocycles. The van der Waals surface area contributed by atoms with E-state index in [-0.39, 0.29) is 29.9 Å². The number of hydrogen-bond donors (Lipinski definition) is 1. The lowest BCUT2D eigenvalue weighted by molar-refractivity contribution is -0.122. The molecule has 0 radical (unpaired) electrons. The molecular formula is C26H44BN3O5. The third-order valence-electron chi connectivity index (χ3n) is 6.57. The molecule has 1 aliphatic rings. The van der Waals surface area contributed by atoms with Crippen molar-refractivity contribution in [3.63, 3.8) is 0 Å². The zero-order valence-corrected chi connectivity index (χ0v) is 22.5. The third kappa shape index (κ3) is 8.72. The number of benzene rings is 1. The summed E-state index contributed by atoms with van der Waals surface area (Å²) in [4.78, 5) is 30.2. The lowest BCUT2D eigenvalue weighted by atomic mass is 9.91. The van der Waals surface area contributed by atoms with Gasteiger partial charge in [-0.2, -0.15) is 0 Å². The van der Waals surface area contributed by atoms with Crippen LogP contribution in [-0.4, -0.2) is 88.2 Å². The van der Waals surface area contributed by atoms with Crippen molar-refractivity contribution in [3.8, 4) is 11.5 Å². The van der Waals surface area contributed by atoms with Crippen molar-refractivity contribution >= 4 is 19.8 Å². The smallest absolute Gasteiger partial charge is 0.254 e. The van der Waals surface area contributed by atoms with Crippen molar-refractivity contribution in [1.29, 1.82) is 0 Å². The van der Waals surface area contributed by atoms with Gasteiger partial charge in [0.2, 0.25) is 5.91 Å². The first-order valence-corrected chi connectivity index (χ1v) is 12.9. The Balaban J connectivity index is 2.07. The van der Waals surface area contributed by atoms with Crippen LogP contribution in [0.15, 0.2) is 18.2 Å². The predicted octanol–water partition coefficient (Wildman–Crippen LogP) is 2.65. The van der Waals surface area contributed by atoms with Crippen LogP contribution in [0.25, 0.3) is 0 Å². The number of nitrogens with zero attached hydrogens (tertiary/aromatic N) is 2. The van der Waals surface area contributed by atoms with Gasteiger partial charge in [-0.25, -0.2) is 0 Å². The topological polar surface area (TPSA) is 80.3 Å². The van der Waals surface area contributed by atoms with E-state index in [1.807, 2.05) is 4.90 Å². The van der Waals surface area contributed by atoms with Crippen LogP contribution < -0.4 is 14.8 Å². The minimum absolute atomic E-state index is 0.0152. The summed E-state index contributed by atoms with van der Waals surface area (Å²) in [6, 6.07) is 5.69. The van der Waals surface area contributed by atoms with Crippen molar-refractivity contribution in [2.24, 2.45) is 0 Å². The van der Waals surface area contributed by atoms with Crippen molar-refractivity contribution in [1.82, 2.24) is 15.0 Å².